The molecule has 1 heterocycles. The summed E-state index contributed by atoms with van der Waals surface area (Å²) in [6.45, 7) is 4.72. The van der Waals surface area contributed by atoms with Crippen LogP contribution in [0.1, 0.15) is 22.7 Å². The van der Waals surface area contributed by atoms with Gasteiger partial charge in [-0.3, -0.25) is 4.90 Å². The fourth-order valence-corrected chi connectivity index (χ4v) is 4.35. The second-order valence-electron chi connectivity index (χ2n) is 7.78. The molecule has 154 valence electrons. The largest absolute Gasteiger partial charge is 0.358 e. The Bertz CT molecular complexity index is 907. The smallest absolute Gasteiger partial charge is 0.169 e. The third-order valence-electron chi connectivity index (χ3n) is 5.79. The van der Waals surface area contributed by atoms with E-state index in [2.05, 4.69) is 100 Å². The zero-order valence-electron chi connectivity index (χ0n) is 17.3. The summed E-state index contributed by atoms with van der Waals surface area (Å²) in [4.78, 5) is 4.91. The number of nitrogens with zero attached hydrogens (tertiary/aromatic N) is 2. The predicted molar refractivity (Wildman–Crippen MR) is 128 cm³/mol. The number of nitrogens with one attached hydrogen (secondary N) is 1. The molecule has 30 heavy (non-hydrogen) atoms. The summed E-state index contributed by atoms with van der Waals surface area (Å²) < 4.78 is 0. The molecule has 0 saturated carbocycles. The van der Waals surface area contributed by atoms with Crippen molar-refractivity contribution in [1.82, 2.24) is 15.1 Å². The summed E-state index contributed by atoms with van der Waals surface area (Å²) in [7, 11) is 0. The molecule has 1 saturated heterocycles. The van der Waals surface area contributed by atoms with Crippen molar-refractivity contribution in [3.63, 3.8) is 0 Å². The number of hydrogen-bond acceptors (Lipinski definition) is 2. The van der Waals surface area contributed by atoms with E-state index >= 15 is 0 Å². The van der Waals surface area contributed by atoms with Gasteiger partial charge in [-0.15, -0.1) is 0 Å². The molecule has 0 amide bonds. The number of thiocarbonyl (C=S) groups is 1. The summed E-state index contributed by atoms with van der Waals surface area (Å²) in [6.07, 6.45) is 1.03. The highest BCUT2D eigenvalue weighted by atomic mass is 32.1. The van der Waals surface area contributed by atoms with Crippen molar-refractivity contribution in [2.24, 2.45) is 0 Å². The molecule has 1 N–H and O–H groups in total. The van der Waals surface area contributed by atoms with Crippen LogP contribution in [-0.4, -0.2) is 41.1 Å². The van der Waals surface area contributed by atoms with Crippen molar-refractivity contribution >= 4 is 17.3 Å². The molecular weight excluding hydrogens is 386 g/mol. The molecule has 0 aliphatic carbocycles. The first-order valence-electron chi connectivity index (χ1n) is 10.7. The lowest BCUT2D eigenvalue weighted by Crippen LogP contribution is -2.52. The van der Waals surface area contributed by atoms with E-state index in [1.165, 1.54) is 16.7 Å². The van der Waals surface area contributed by atoms with Gasteiger partial charge in [0.1, 0.15) is 0 Å². The molecule has 1 aliphatic rings. The van der Waals surface area contributed by atoms with Gasteiger partial charge in [0.25, 0.3) is 0 Å². The maximum Gasteiger partial charge on any atom is 0.169 e. The number of rotatable bonds is 6. The minimum atomic E-state index is 0.390. The topological polar surface area (TPSA) is 18.5 Å². The molecule has 3 nitrogen and oxygen atoms in total. The van der Waals surface area contributed by atoms with E-state index in [0.717, 1.165) is 44.3 Å². The van der Waals surface area contributed by atoms with Gasteiger partial charge < -0.3 is 10.2 Å². The van der Waals surface area contributed by atoms with E-state index in [-0.39, 0.29) is 0 Å². The van der Waals surface area contributed by atoms with Gasteiger partial charge in [0, 0.05) is 38.8 Å². The normalized spacial score (nSPS) is 15.5. The van der Waals surface area contributed by atoms with Crippen LogP contribution in [0.5, 0.6) is 0 Å². The Balaban J connectivity index is 1.37. The number of benzene rings is 3. The number of hydrogen-bond donors (Lipinski definition) is 1. The van der Waals surface area contributed by atoms with Crippen LogP contribution < -0.4 is 5.32 Å². The average molecular weight is 416 g/mol. The molecule has 3 aromatic rings. The van der Waals surface area contributed by atoms with E-state index < -0.39 is 0 Å². The Morgan fingerprint density at radius 3 is 1.87 bits per heavy atom. The molecular formula is C26H29N3S. The molecule has 1 fully saturated rings. The fraction of sp³-hybridized carbons (Fsp3) is 0.269. The minimum absolute atomic E-state index is 0.390. The van der Waals surface area contributed by atoms with Crippen molar-refractivity contribution in [2.75, 3.05) is 26.2 Å². The van der Waals surface area contributed by atoms with Crippen LogP contribution in [0.3, 0.4) is 0 Å². The molecule has 4 heteroatoms. The van der Waals surface area contributed by atoms with Crippen LogP contribution in [0.25, 0.3) is 0 Å². The quantitative estimate of drug-likeness (QED) is 0.590. The molecule has 0 radical (unpaired) electrons. The predicted octanol–water partition coefficient (Wildman–Crippen LogP) is 4.66. The van der Waals surface area contributed by atoms with Gasteiger partial charge in [0.05, 0.1) is 0 Å². The first kappa shape index (κ1) is 20.6. The van der Waals surface area contributed by atoms with Gasteiger partial charge in [-0.05, 0) is 35.3 Å². The monoisotopic (exact) mass is 415 g/mol. The molecule has 0 unspecified atom stereocenters. The molecule has 0 spiro atoms. The van der Waals surface area contributed by atoms with Gasteiger partial charge in [-0.1, -0.05) is 91.0 Å². The van der Waals surface area contributed by atoms with Gasteiger partial charge >= 0.3 is 0 Å². The van der Waals surface area contributed by atoms with Crippen LogP contribution in [0.4, 0.5) is 0 Å². The zero-order chi connectivity index (χ0) is 20.6. The second kappa shape index (κ2) is 10.4. The number of piperazine rings is 1. The van der Waals surface area contributed by atoms with E-state index in [0.29, 0.717) is 6.04 Å². The van der Waals surface area contributed by atoms with Gasteiger partial charge in [-0.25, -0.2) is 0 Å². The standard InChI is InChI=1S/C26H29N3S/c30-26(27-21-23-12-6-2-7-13-23)29-18-16-28(17-19-29)25(24-14-8-3-9-15-24)20-22-10-4-1-5-11-22/h1-15,25H,16-21H2,(H,27,30)/t25-/m0/s1. The summed E-state index contributed by atoms with van der Waals surface area (Å²) in [5.74, 6) is 0. The Labute approximate surface area is 185 Å². The van der Waals surface area contributed by atoms with E-state index in [4.69, 9.17) is 12.2 Å². The highest BCUT2D eigenvalue weighted by Gasteiger charge is 2.26. The van der Waals surface area contributed by atoms with E-state index in [1.807, 2.05) is 6.07 Å². The van der Waals surface area contributed by atoms with Gasteiger partial charge in [0.2, 0.25) is 0 Å². The second-order valence-corrected chi connectivity index (χ2v) is 8.17. The van der Waals surface area contributed by atoms with Gasteiger partial charge in [0.15, 0.2) is 5.11 Å². The van der Waals surface area contributed by atoms with E-state index in [1.54, 1.807) is 0 Å². The summed E-state index contributed by atoms with van der Waals surface area (Å²) >= 11 is 5.67. The lowest BCUT2D eigenvalue weighted by atomic mass is 9.97. The molecule has 0 bridgehead atoms. The maximum absolute atomic E-state index is 5.67. The fourth-order valence-electron chi connectivity index (χ4n) is 4.09. The van der Waals surface area contributed by atoms with Crippen LogP contribution >= 0.6 is 12.2 Å². The molecule has 0 aromatic heterocycles. The Morgan fingerprint density at radius 2 is 1.27 bits per heavy atom. The maximum atomic E-state index is 5.67. The van der Waals surface area contributed by atoms with Crippen molar-refractivity contribution in [3.8, 4) is 0 Å². The van der Waals surface area contributed by atoms with Crippen molar-refractivity contribution < 1.29 is 0 Å². The molecule has 4 rings (SSSR count). The van der Waals surface area contributed by atoms with Crippen LogP contribution in [0, 0.1) is 0 Å². The Hall–Kier alpha value is -2.69. The van der Waals surface area contributed by atoms with Crippen molar-refractivity contribution in [2.45, 2.75) is 19.0 Å². The third kappa shape index (κ3) is 5.47. The minimum Gasteiger partial charge on any atom is -0.358 e. The first-order chi connectivity index (χ1) is 14.8. The third-order valence-corrected chi connectivity index (χ3v) is 6.19. The Kier molecular flexibility index (Phi) is 7.11. The van der Waals surface area contributed by atoms with Crippen LogP contribution in [0.15, 0.2) is 91.0 Å². The highest BCUT2D eigenvalue weighted by molar-refractivity contribution is 7.80. The van der Waals surface area contributed by atoms with Gasteiger partial charge in [-0.2, -0.15) is 0 Å². The highest BCUT2D eigenvalue weighted by Crippen LogP contribution is 2.26. The molecule has 3 aromatic carbocycles. The first-order valence-corrected chi connectivity index (χ1v) is 11.1. The Morgan fingerprint density at radius 1 is 0.733 bits per heavy atom. The lowest BCUT2D eigenvalue weighted by molar-refractivity contribution is 0.130. The average Bonchev–Trinajstić information content (AvgIpc) is 2.83. The SMILES string of the molecule is S=C(NCc1ccccc1)N1CCN([C@@H](Cc2ccccc2)c2ccccc2)CC1. The van der Waals surface area contributed by atoms with Crippen LogP contribution in [0.2, 0.25) is 0 Å². The summed E-state index contributed by atoms with van der Waals surface area (Å²) in [6, 6.07) is 32.5. The molecule has 1 aliphatic heterocycles. The summed E-state index contributed by atoms with van der Waals surface area (Å²) in [5.41, 5.74) is 4.03. The summed E-state index contributed by atoms with van der Waals surface area (Å²) in [5, 5.41) is 4.28. The van der Waals surface area contributed by atoms with E-state index in [9.17, 15) is 0 Å². The zero-order valence-corrected chi connectivity index (χ0v) is 18.1. The van der Waals surface area contributed by atoms with Crippen LogP contribution in [-0.2, 0) is 13.0 Å². The molecule has 1 atom stereocenters. The van der Waals surface area contributed by atoms with Crippen molar-refractivity contribution in [1.29, 1.82) is 0 Å². The van der Waals surface area contributed by atoms with Crippen molar-refractivity contribution in [3.05, 3.63) is 108 Å². The lowest BCUT2D eigenvalue weighted by Gasteiger charge is -2.40.